The minimum atomic E-state index is -1.91. The van der Waals surface area contributed by atoms with Crippen LogP contribution in [0.2, 0.25) is 0 Å². The van der Waals surface area contributed by atoms with Crippen LogP contribution in [0.1, 0.15) is 0 Å². The number of benzene rings is 1. The van der Waals surface area contributed by atoms with Crippen LogP contribution < -0.4 is 0 Å². The lowest BCUT2D eigenvalue weighted by atomic mass is 10.1. The lowest BCUT2D eigenvalue weighted by molar-refractivity contribution is 0.564. The fourth-order valence-electron chi connectivity index (χ4n) is 1.28. The highest BCUT2D eigenvalue weighted by Crippen LogP contribution is 2.17. The van der Waals surface area contributed by atoms with Gasteiger partial charge in [-0.1, -0.05) is 18.2 Å². The molecular weight excluding hydrogens is 210 g/mol. The molecule has 0 spiro atoms. The van der Waals surface area contributed by atoms with E-state index >= 15 is 0 Å². The Labute approximate surface area is 90.1 Å². The standard InChI is InChI=1S/C11H9NO2S/c13-15(14)10-6-4-9(5-7-10)11-3-1-2-8-12-11/h1-8H,(H,13,14). The molecule has 0 aliphatic rings. The zero-order valence-corrected chi connectivity index (χ0v) is 8.65. The van der Waals surface area contributed by atoms with Gasteiger partial charge < -0.3 is 4.55 Å². The second-order valence-corrected chi connectivity index (χ2v) is 3.96. The van der Waals surface area contributed by atoms with Gasteiger partial charge in [0.1, 0.15) is 0 Å². The van der Waals surface area contributed by atoms with E-state index < -0.39 is 11.1 Å². The first-order valence-electron chi connectivity index (χ1n) is 4.40. The molecule has 4 heteroatoms. The lowest BCUT2D eigenvalue weighted by Crippen LogP contribution is -1.88. The maximum atomic E-state index is 10.7. The van der Waals surface area contributed by atoms with E-state index in [1.165, 1.54) is 0 Å². The van der Waals surface area contributed by atoms with Gasteiger partial charge >= 0.3 is 0 Å². The van der Waals surface area contributed by atoms with Gasteiger partial charge in [0.2, 0.25) is 0 Å². The zero-order chi connectivity index (χ0) is 10.7. The second kappa shape index (κ2) is 4.33. The topological polar surface area (TPSA) is 50.2 Å². The fourth-order valence-corrected chi connectivity index (χ4v) is 1.64. The first-order valence-corrected chi connectivity index (χ1v) is 5.50. The molecule has 1 atom stereocenters. The number of pyridine rings is 1. The van der Waals surface area contributed by atoms with Crippen molar-refractivity contribution in [2.75, 3.05) is 0 Å². The van der Waals surface area contributed by atoms with Crippen LogP contribution in [-0.2, 0) is 11.1 Å². The molecule has 0 aliphatic heterocycles. The van der Waals surface area contributed by atoms with Crippen molar-refractivity contribution in [1.82, 2.24) is 4.98 Å². The van der Waals surface area contributed by atoms with Crippen LogP contribution in [0.4, 0.5) is 0 Å². The van der Waals surface area contributed by atoms with Crippen LogP contribution in [0.3, 0.4) is 0 Å². The van der Waals surface area contributed by atoms with E-state index in [9.17, 15) is 4.21 Å². The Morgan fingerprint density at radius 2 is 1.80 bits per heavy atom. The van der Waals surface area contributed by atoms with Crippen LogP contribution in [0.25, 0.3) is 11.3 Å². The van der Waals surface area contributed by atoms with Crippen LogP contribution in [0, 0.1) is 0 Å². The van der Waals surface area contributed by atoms with E-state index in [0.29, 0.717) is 4.90 Å². The Morgan fingerprint density at radius 1 is 1.07 bits per heavy atom. The first kappa shape index (κ1) is 10.0. The summed E-state index contributed by atoms with van der Waals surface area (Å²) in [6.07, 6.45) is 1.72. The highest BCUT2D eigenvalue weighted by Gasteiger charge is 2.01. The monoisotopic (exact) mass is 219 g/mol. The summed E-state index contributed by atoms with van der Waals surface area (Å²) in [5.74, 6) is 0. The molecule has 0 fully saturated rings. The van der Waals surface area contributed by atoms with Gasteiger partial charge in [-0.15, -0.1) is 0 Å². The quantitative estimate of drug-likeness (QED) is 0.789. The Bertz CT molecular complexity index is 468. The molecular formula is C11H9NO2S. The van der Waals surface area contributed by atoms with Crippen LogP contribution >= 0.6 is 0 Å². The zero-order valence-electron chi connectivity index (χ0n) is 7.83. The minimum absolute atomic E-state index is 0.398. The van der Waals surface area contributed by atoms with Gasteiger partial charge in [-0.25, -0.2) is 4.21 Å². The Hall–Kier alpha value is -1.52. The third-order valence-corrected chi connectivity index (χ3v) is 2.69. The summed E-state index contributed by atoms with van der Waals surface area (Å²) in [5.41, 5.74) is 1.79. The van der Waals surface area contributed by atoms with Crippen molar-refractivity contribution in [1.29, 1.82) is 0 Å². The van der Waals surface area contributed by atoms with Crippen molar-refractivity contribution in [3.8, 4) is 11.3 Å². The maximum Gasteiger partial charge on any atom is 0.186 e. The number of aromatic nitrogens is 1. The Balaban J connectivity index is 2.36. The molecule has 0 amide bonds. The van der Waals surface area contributed by atoms with Gasteiger partial charge in [0, 0.05) is 11.8 Å². The third-order valence-electron chi connectivity index (χ3n) is 2.02. The van der Waals surface area contributed by atoms with Crippen LogP contribution in [0.5, 0.6) is 0 Å². The van der Waals surface area contributed by atoms with Gasteiger partial charge in [0.15, 0.2) is 11.1 Å². The predicted octanol–water partition coefficient (Wildman–Crippen LogP) is 2.33. The molecule has 1 unspecified atom stereocenters. The molecule has 2 rings (SSSR count). The van der Waals surface area contributed by atoms with Gasteiger partial charge in [-0.05, 0) is 24.3 Å². The summed E-state index contributed by atoms with van der Waals surface area (Å²) in [4.78, 5) is 4.58. The maximum absolute atomic E-state index is 10.7. The number of hydrogen-bond donors (Lipinski definition) is 1. The lowest BCUT2D eigenvalue weighted by Gasteiger charge is -2.00. The van der Waals surface area contributed by atoms with E-state index in [-0.39, 0.29) is 0 Å². The molecule has 3 nitrogen and oxygen atoms in total. The molecule has 15 heavy (non-hydrogen) atoms. The van der Waals surface area contributed by atoms with Crippen molar-refractivity contribution >= 4 is 11.1 Å². The van der Waals surface area contributed by atoms with Crippen LogP contribution in [0.15, 0.2) is 53.6 Å². The summed E-state index contributed by atoms with van der Waals surface area (Å²) in [7, 11) is 0. The fraction of sp³-hybridized carbons (Fsp3) is 0. The summed E-state index contributed by atoms with van der Waals surface area (Å²) in [6.45, 7) is 0. The van der Waals surface area contributed by atoms with E-state index in [4.69, 9.17) is 4.55 Å². The number of nitrogens with zero attached hydrogens (tertiary/aromatic N) is 1. The molecule has 1 aromatic heterocycles. The van der Waals surface area contributed by atoms with Crippen molar-refractivity contribution in [2.45, 2.75) is 4.90 Å². The average molecular weight is 219 g/mol. The van der Waals surface area contributed by atoms with Crippen molar-refractivity contribution in [3.63, 3.8) is 0 Å². The van der Waals surface area contributed by atoms with Crippen molar-refractivity contribution in [2.24, 2.45) is 0 Å². The highest BCUT2D eigenvalue weighted by atomic mass is 32.2. The molecule has 0 saturated carbocycles. The second-order valence-electron chi connectivity index (χ2n) is 2.99. The summed E-state index contributed by atoms with van der Waals surface area (Å²) < 4.78 is 19.6. The molecule has 1 N–H and O–H groups in total. The predicted molar refractivity (Wildman–Crippen MR) is 58.7 cm³/mol. The summed E-state index contributed by atoms with van der Waals surface area (Å²) in [5, 5.41) is 0. The highest BCUT2D eigenvalue weighted by molar-refractivity contribution is 7.79. The summed E-state index contributed by atoms with van der Waals surface area (Å²) in [6, 6.07) is 12.5. The Kier molecular flexibility index (Phi) is 2.89. The smallest absolute Gasteiger partial charge is 0.186 e. The van der Waals surface area contributed by atoms with E-state index in [1.807, 2.05) is 18.2 Å². The molecule has 1 aromatic carbocycles. The minimum Gasteiger partial charge on any atom is -0.302 e. The Morgan fingerprint density at radius 3 is 2.33 bits per heavy atom. The SMILES string of the molecule is O=S(O)c1ccc(-c2ccccn2)cc1. The van der Waals surface area contributed by atoms with Gasteiger partial charge in [-0.2, -0.15) is 0 Å². The van der Waals surface area contributed by atoms with Gasteiger partial charge in [0.25, 0.3) is 0 Å². The van der Waals surface area contributed by atoms with Gasteiger partial charge in [-0.3, -0.25) is 4.98 Å². The third kappa shape index (κ3) is 2.29. The number of rotatable bonds is 2. The molecule has 2 aromatic rings. The van der Waals surface area contributed by atoms with Crippen molar-refractivity contribution < 1.29 is 8.76 Å². The molecule has 0 aliphatic carbocycles. The van der Waals surface area contributed by atoms with Gasteiger partial charge in [0.05, 0.1) is 10.6 Å². The number of hydrogen-bond acceptors (Lipinski definition) is 2. The van der Waals surface area contributed by atoms with Crippen molar-refractivity contribution in [3.05, 3.63) is 48.7 Å². The van der Waals surface area contributed by atoms with E-state index in [2.05, 4.69) is 4.98 Å². The first-order chi connectivity index (χ1) is 7.27. The van der Waals surface area contributed by atoms with Crippen LogP contribution in [-0.4, -0.2) is 13.7 Å². The van der Waals surface area contributed by atoms with E-state index in [1.54, 1.807) is 30.5 Å². The van der Waals surface area contributed by atoms with E-state index in [0.717, 1.165) is 11.3 Å². The summed E-state index contributed by atoms with van der Waals surface area (Å²) >= 11 is -1.91. The average Bonchev–Trinajstić information content (AvgIpc) is 2.30. The largest absolute Gasteiger partial charge is 0.302 e. The molecule has 76 valence electrons. The molecule has 0 radical (unpaired) electrons. The molecule has 0 bridgehead atoms. The molecule has 0 saturated heterocycles. The molecule has 1 heterocycles. The normalized spacial score (nSPS) is 12.3.